The monoisotopic (exact) mass is 568 g/mol. The van der Waals surface area contributed by atoms with Crippen LogP contribution in [0.3, 0.4) is 0 Å². The molecule has 1 aliphatic rings. The third-order valence-corrected chi connectivity index (χ3v) is 8.83. The summed E-state index contributed by atoms with van der Waals surface area (Å²) >= 11 is 0. The number of hydrogen-bond donors (Lipinski definition) is 0. The van der Waals surface area contributed by atoms with Gasteiger partial charge in [-0.15, -0.1) is 0 Å². The molecule has 0 aliphatic carbocycles. The first kappa shape index (κ1) is 34.0. The van der Waals surface area contributed by atoms with Gasteiger partial charge in [-0.05, 0) is 97.9 Å². The second kappa shape index (κ2) is 19.7. The van der Waals surface area contributed by atoms with E-state index in [1.165, 1.54) is 130 Å². The fraction of sp³-hybridized carbons (Fsp3) is 0.600. The highest BCUT2D eigenvalue weighted by atomic mass is 15.2. The van der Waals surface area contributed by atoms with Crippen LogP contribution < -0.4 is 0 Å². The fourth-order valence-corrected chi connectivity index (χ4v) is 6.24. The third-order valence-electron chi connectivity index (χ3n) is 8.83. The number of hydrogen-bond acceptors (Lipinski definition) is 0. The first-order chi connectivity index (χ1) is 20.6. The van der Waals surface area contributed by atoms with Crippen molar-refractivity contribution in [1.29, 1.82) is 0 Å². The van der Waals surface area contributed by atoms with Crippen LogP contribution in [0, 0.1) is 0 Å². The van der Waals surface area contributed by atoms with Crippen molar-refractivity contribution in [1.82, 2.24) is 0 Å². The largest absolute Gasteiger partial charge is 0.493 e. The quantitative estimate of drug-likeness (QED) is 0.0997. The Labute approximate surface area is 259 Å². The number of aryl methyl sites for hydroxylation is 4. The Balaban J connectivity index is 1.77. The molecule has 2 aromatic carbocycles. The summed E-state index contributed by atoms with van der Waals surface area (Å²) in [5, 5.41) is 0. The molecule has 1 aliphatic heterocycles. The lowest BCUT2D eigenvalue weighted by Crippen LogP contribution is -2.04. The Morgan fingerprint density at radius 2 is 0.714 bits per heavy atom. The summed E-state index contributed by atoms with van der Waals surface area (Å²) in [6, 6.07) is 14.1. The molecule has 42 heavy (non-hydrogen) atoms. The van der Waals surface area contributed by atoms with Crippen LogP contribution in [-0.2, 0) is 25.7 Å². The molecule has 230 valence electrons. The Hall–Kier alpha value is -2.48. The minimum absolute atomic E-state index is 0.903. The highest BCUT2D eigenvalue weighted by Gasteiger charge is 2.24. The average molecular weight is 569 g/mol. The molecular formula is C40H60N2. The maximum Gasteiger partial charge on any atom is 0.207 e. The van der Waals surface area contributed by atoms with Crippen molar-refractivity contribution in [3.05, 3.63) is 87.5 Å². The highest BCUT2D eigenvalue weighted by molar-refractivity contribution is 5.75. The van der Waals surface area contributed by atoms with Crippen LogP contribution in [0.4, 0.5) is 0 Å². The van der Waals surface area contributed by atoms with Crippen LogP contribution >= 0.6 is 0 Å². The van der Waals surface area contributed by atoms with Crippen molar-refractivity contribution in [3.8, 4) is 0 Å². The second-order valence-corrected chi connectivity index (χ2v) is 12.7. The van der Waals surface area contributed by atoms with Gasteiger partial charge in [-0.1, -0.05) is 117 Å². The lowest BCUT2D eigenvalue weighted by molar-refractivity contribution is -0.344. The van der Waals surface area contributed by atoms with Gasteiger partial charge in [0.25, 0.3) is 0 Å². The van der Waals surface area contributed by atoms with E-state index in [1.807, 2.05) is 0 Å². The van der Waals surface area contributed by atoms with Gasteiger partial charge in [0.1, 0.15) is 0 Å². The van der Waals surface area contributed by atoms with Gasteiger partial charge in [0.2, 0.25) is 11.4 Å². The summed E-state index contributed by atoms with van der Waals surface area (Å²) in [7, 11) is 0. The zero-order valence-electron chi connectivity index (χ0n) is 27.7. The summed E-state index contributed by atoms with van der Waals surface area (Å²) in [5.41, 5.74) is 21.3. The Kier molecular flexibility index (Phi) is 15.9. The summed E-state index contributed by atoms with van der Waals surface area (Å²) in [6.07, 6.45) is 29.4. The number of nitrogens with zero attached hydrogens (tertiary/aromatic N) is 2. The van der Waals surface area contributed by atoms with Gasteiger partial charge in [0, 0.05) is 23.3 Å². The van der Waals surface area contributed by atoms with Crippen LogP contribution in [0.5, 0.6) is 0 Å². The van der Waals surface area contributed by atoms with Gasteiger partial charge >= 0.3 is 0 Å². The molecule has 0 saturated heterocycles. The molecule has 0 aromatic heterocycles. The number of rotatable bonds is 22. The minimum Gasteiger partial charge on any atom is -0.493 e. The van der Waals surface area contributed by atoms with Gasteiger partial charge in [-0.2, -0.15) is 0 Å². The fourth-order valence-electron chi connectivity index (χ4n) is 6.24. The van der Waals surface area contributed by atoms with E-state index in [4.69, 9.17) is 0 Å². The second-order valence-electron chi connectivity index (χ2n) is 12.7. The zero-order valence-corrected chi connectivity index (χ0v) is 27.7. The zero-order chi connectivity index (χ0) is 30.0. The van der Waals surface area contributed by atoms with Crippen LogP contribution in [0.1, 0.15) is 164 Å². The van der Waals surface area contributed by atoms with E-state index in [0.717, 1.165) is 48.2 Å². The normalized spacial score (nSPS) is 13.1. The smallest absolute Gasteiger partial charge is 0.207 e. The first-order valence-electron chi connectivity index (χ1n) is 17.8. The van der Waals surface area contributed by atoms with Crippen LogP contribution in [0.25, 0.3) is 16.9 Å². The molecule has 0 radical (unpaired) electrons. The van der Waals surface area contributed by atoms with Crippen LogP contribution in [0.15, 0.2) is 48.6 Å². The molecule has 0 N–H and O–H groups in total. The van der Waals surface area contributed by atoms with E-state index < -0.39 is 0 Å². The lowest BCUT2D eigenvalue weighted by atomic mass is 9.96. The molecule has 1 heterocycles. The maximum atomic E-state index is 11.6. The van der Waals surface area contributed by atoms with Crippen molar-refractivity contribution in [3.63, 3.8) is 0 Å². The van der Waals surface area contributed by atoms with Crippen LogP contribution in [0.2, 0.25) is 0 Å². The Bertz CT molecular complexity index is 1090. The average Bonchev–Trinajstić information content (AvgIpc) is 3.39. The minimum atomic E-state index is 0.903. The lowest BCUT2D eigenvalue weighted by Gasteiger charge is -2.14. The molecule has 3 rings (SSSR count). The predicted molar refractivity (Wildman–Crippen MR) is 184 cm³/mol. The SMILES string of the molecule is CCCCCCCCc1cc(CCCCCCCC)cc(C2=CC=C(c3cc(CCCC)cc(CCCC)c3)[N+]2=[N-])c1. The van der Waals surface area contributed by atoms with Crippen molar-refractivity contribution in [2.45, 2.75) is 156 Å². The van der Waals surface area contributed by atoms with Crippen LogP contribution in [-0.4, -0.2) is 4.70 Å². The molecule has 0 saturated carbocycles. The first-order valence-corrected chi connectivity index (χ1v) is 17.8. The summed E-state index contributed by atoms with van der Waals surface area (Å²) < 4.78 is 1.46. The van der Waals surface area contributed by atoms with Gasteiger partial charge in [0.05, 0.1) is 0 Å². The molecule has 2 nitrogen and oxygen atoms in total. The summed E-state index contributed by atoms with van der Waals surface area (Å²) in [6.45, 7) is 9.09. The molecule has 0 amide bonds. The molecule has 0 unspecified atom stereocenters. The van der Waals surface area contributed by atoms with Gasteiger partial charge < -0.3 is 5.53 Å². The topological polar surface area (TPSA) is 25.3 Å². The predicted octanol–water partition coefficient (Wildman–Crippen LogP) is 12.6. The standard InChI is InChI=1S/C40H60N2/c1-5-9-13-15-17-19-23-35-28-36(24-20-18-16-14-10-6-2)32-38(31-35)40-26-25-39(42(40)41)37-29-33(21-11-7-3)27-34(30-37)22-12-8-4/h25-32H,5-24H2,1-4H3. The van der Waals surface area contributed by atoms with Gasteiger partial charge in [0.15, 0.2) is 0 Å². The van der Waals surface area contributed by atoms with E-state index in [1.54, 1.807) is 0 Å². The molecule has 2 aromatic rings. The molecule has 2 heteroatoms. The summed E-state index contributed by atoms with van der Waals surface area (Å²) in [4.78, 5) is 0. The number of benzene rings is 2. The van der Waals surface area contributed by atoms with Gasteiger partial charge in [-0.25, -0.2) is 4.70 Å². The summed E-state index contributed by atoms with van der Waals surface area (Å²) in [5.74, 6) is 0. The van der Waals surface area contributed by atoms with Gasteiger partial charge in [-0.3, -0.25) is 0 Å². The van der Waals surface area contributed by atoms with Crippen molar-refractivity contribution >= 4 is 11.4 Å². The van der Waals surface area contributed by atoms with E-state index in [0.29, 0.717) is 0 Å². The van der Waals surface area contributed by atoms with E-state index in [9.17, 15) is 5.53 Å². The van der Waals surface area contributed by atoms with Crippen molar-refractivity contribution in [2.75, 3.05) is 0 Å². The van der Waals surface area contributed by atoms with E-state index >= 15 is 0 Å². The molecule has 0 spiro atoms. The molecular weight excluding hydrogens is 508 g/mol. The van der Waals surface area contributed by atoms with Crippen molar-refractivity contribution < 1.29 is 4.70 Å². The highest BCUT2D eigenvalue weighted by Crippen LogP contribution is 2.33. The molecule has 0 atom stereocenters. The Morgan fingerprint density at radius 1 is 0.405 bits per heavy atom. The van der Waals surface area contributed by atoms with Crippen molar-refractivity contribution in [2.24, 2.45) is 0 Å². The molecule has 0 bridgehead atoms. The van der Waals surface area contributed by atoms with E-state index in [2.05, 4.69) is 76.2 Å². The number of unbranched alkanes of at least 4 members (excludes halogenated alkanes) is 12. The van der Waals surface area contributed by atoms with E-state index in [-0.39, 0.29) is 0 Å². The maximum absolute atomic E-state index is 11.6. The number of allylic oxidation sites excluding steroid dienone is 2. The third kappa shape index (κ3) is 11.3. The Morgan fingerprint density at radius 3 is 1.07 bits per heavy atom. The molecule has 0 fully saturated rings.